The van der Waals surface area contributed by atoms with Gasteiger partial charge in [0.25, 0.3) is 5.56 Å². The Morgan fingerprint density at radius 3 is 2.50 bits per heavy atom. The van der Waals surface area contributed by atoms with E-state index in [1.54, 1.807) is 38.1 Å². The normalized spacial score (nSPS) is 11.4. The zero-order valence-corrected chi connectivity index (χ0v) is 19.2. The number of pyridine rings is 1. The van der Waals surface area contributed by atoms with Gasteiger partial charge >= 0.3 is 12.0 Å². The number of ether oxygens (including phenoxy) is 2. The minimum absolute atomic E-state index is 0.145. The molecule has 9 nitrogen and oxygen atoms in total. The molecule has 2 aromatic carbocycles. The number of benzene rings is 2. The van der Waals surface area contributed by atoms with Crippen molar-refractivity contribution in [2.45, 2.75) is 26.3 Å². The van der Waals surface area contributed by atoms with E-state index in [4.69, 9.17) is 9.47 Å². The summed E-state index contributed by atoms with van der Waals surface area (Å²) < 4.78 is 12.2. The maximum Gasteiger partial charge on any atom is 0.319 e. The lowest BCUT2D eigenvalue weighted by Crippen LogP contribution is -2.36. The van der Waals surface area contributed by atoms with Crippen LogP contribution in [0.3, 0.4) is 0 Å². The summed E-state index contributed by atoms with van der Waals surface area (Å²) in [5.41, 5.74) is 0.193. The quantitative estimate of drug-likeness (QED) is 0.433. The highest BCUT2D eigenvalue weighted by molar-refractivity contribution is 5.91. The van der Waals surface area contributed by atoms with Gasteiger partial charge in [0.1, 0.15) is 17.2 Å². The van der Waals surface area contributed by atoms with Crippen LogP contribution in [0.15, 0.2) is 65.6 Å². The van der Waals surface area contributed by atoms with Gasteiger partial charge in [-0.1, -0.05) is 30.3 Å². The first kappa shape index (κ1) is 24.4. The second-order valence-corrected chi connectivity index (χ2v) is 7.60. The second-order valence-electron chi connectivity index (χ2n) is 7.60. The number of rotatable bonds is 8. The Labute approximate surface area is 197 Å². The minimum atomic E-state index is -0.783. The first-order valence-electron chi connectivity index (χ1n) is 10.7. The summed E-state index contributed by atoms with van der Waals surface area (Å²) in [5.74, 6) is 0.331. The van der Waals surface area contributed by atoms with Crippen molar-refractivity contribution in [2.75, 3.05) is 11.9 Å². The van der Waals surface area contributed by atoms with Crippen LogP contribution in [-0.2, 0) is 16.6 Å². The molecule has 0 fully saturated rings. The molecule has 0 saturated carbocycles. The number of urea groups is 1. The molecule has 0 spiro atoms. The fourth-order valence-corrected chi connectivity index (χ4v) is 3.36. The third-order valence-corrected chi connectivity index (χ3v) is 4.99. The Bertz CT molecular complexity index is 1220. The first-order valence-corrected chi connectivity index (χ1v) is 10.7. The van der Waals surface area contributed by atoms with Crippen molar-refractivity contribution in [3.8, 4) is 17.2 Å². The Morgan fingerprint density at radius 1 is 1.09 bits per heavy atom. The highest BCUT2D eigenvalue weighted by Crippen LogP contribution is 2.27. The molecule has 0 aliphatic heterocycles. The lowest BCUT2D eigenvalue weighted by atomic mass is 10.0. The number of amides is 2. The molecular formula is C25H27N3O6. The summed E-state index contributed by atoms with van der Waals surface area (Å²) in [6.45, 7) is 3.50. The Hall–Kier alpha value is -4.27. The Morgan fingerprint density at radius 2 is 1.79 bits per heavy atom. The average molecular weight is 466 g/mol. The van der Waals surface area contributed by atoms with Crippen LogP contribution >= 0.6 is 0 Å². The van der Waals surface area contributed by atoms with Gasteiger partial charge in [-0.15, -0.1) is 0 Å². The van der Waals surface area contributed by atoms with E-state index >= 15 is 0 Å². The number of nitrogens with one attached hydrogen (secondary N) is 2. The fourth-order valence-electron chi connectivity index (χ4n) is 3.36. The second kappa shape index (κ2) is 11.0. The van der Waals surface area contributed by atoms with Crippen molar-refractivity contribution in [1.29, 1.82) is 0 Å². The number of aromatic nitrogens is 1. The summed E-state index contributed by atoms with van der Waals surface area (Å²) >= 11 is 0. The minimum Gasteiger partial charge on any atom is -0.505 e. The average Bonchev–Trinajstić information content (AvgIpc) is 2.81. The van der Waals surface area contributed by atoms with Crippen LogP contribution in [0, 0.1) is 6.92 Å². The highest BCUT2D eigenvalue weighted by atomic mass is 16.5. The van der Waals surface area contributed by atoms with E-state index in [1.807, 2.05) is 30.3 Å². The number of carbonyl (C=O) groups is 2. The molecule has 0 bridgehead atoms. The zero-order chi connectivity index (χ0) is 24.7. The van der Waals surface area contributed by atoms with E-state index in [0.717, 1.165) is 0 Å². The maximum absolute atomic E-state index is 12.8. The number of para-hydroxylation sites is 1. The molecule has 1 heterocycles. The van der Waals surface area contributed by atoms with Crippen molar-refractivity contribution in [3.63, 3.8) is 0 Å². The molecule has 0 aliphatic rings. The molecule has 3 aromatic rings. The van der Waals surface area contributed by atoms with E-state index in [2.05, 4.69) is 10.6 Å². The van der Waals surface area contributed by atoms with Crippen LogP contribution in [0.2, 0.25) is 0 Å². The monoisotopic (exact) mass is 465 g/mol. The summed E-state index contributed by atoms with van der Waals surface area (Å²) in [4.78, 5) is 37.4. The van der Waals surface area contributed by atoms with Gasteiger partial charge in [-0.3, -0.25) is 9.59 Å². The Kier molecular flexibility index (Phi) is 7.92. The molecule has 0 aliphatic carbocycles. The summed E-state index contributed by atoms with van der Waals surface area (Å²) in [6.07, 6.45) is 1.32. The lowest BCUT2D eigenvalue weighted by Gasteiger charge is -2.20. The largest absolute Gasteiger partial charge is 0.505 e. The molecule has 3 rings (SSSR count). The predicted octanol–water partition coefficient (Wildman–Crippen LogP) is 4.01. The van der Waals surface area contributed by atoms with Crippen LogP contribution in [-0.4, -0.2) is 28.3 Å². The summed E-state index contributed by atoms with van der Waals surface area (Å²) in [5, 5.41) is 15.3. The first-order chi connectivity index (χ1) is 16.3. The number of anilines is 1. The molecule has 1 aromatic heterocycles. The van der Waals surface area contributed by atoms with Crippen molar-refractivity contribution in [1.82, 2.24) is 9.88 Å². The molecule has 0 unspecified atom stereocenters. The van der Waals surface area contributed by atoms with E-state index < -0.39 is 23.6 Å². The molecule has 3 N–H and O–H groups in total. The number of hydrogen-bond donors (Lipinski definition) is 3. The smallest absolute Gasteiger partial charge is 0.319 e. The maximum atomic E-state index is 12.8. The Balaban J connectivity index is 1.84. The number of carbonyl (C=O) groups excluding carboxylic acids is 2. The topological polar surface area (TPSA) is 119 Å². The van der Waals surface area contributed by atoms with Crippen molar-refractivity contribution >= 4 is 17.7 Å². The van der Waals surface area contributed by atoms with E-state index in [-0.39, 0.29) is 24.5 Å². The van der Waals surface area contributed by atoms with Crippen molar-refractivity contribution < 1.29 is 24.2 Å². The standard InChI is InChI=1S/C25H27N3O6/c1-4-33-21(29)14-20(17-9-8-12-19(13-17)34-18-10-6-5-7-11-18)26-25(32)27-22-23(30)16(2)15-28(3)24(22)31/h5-13,15,20,30H,4,14H2,1-3H3,(H2,26,27,32)/t20-/m0/s1. The fraction of sp³-hybridized carbons (Fsp3) is 0.240. The molecule has 0 saturated heterocycles. The number of aryl methyl sites for hydroxylation is 2. The van der Waals surface area contributed by atoms with E-state index in [1.165, 1.54) is 17.8 Å². The molecule has 9 heteroatoms. The van der Waals surface area contributed by atoms with Gasteiger partial charge < -0.3 is 29.8 Å². The van der Waals surface area contributed by atoms with Crippen LogP contribution in [0.1, 0.15) is 30.5 Å². The van der Waals surface area contributed by atoms with Gasteiger partial charge in [-0.2, -0.15) is 0 Å². The third kappa shape index (κ3) is 6.16. The third-order valence-electron chi connectivity index (χ3n) is 4.99. The SMILES string of the molecule is CCOC(=O)C[C@H](NC(=O)Nc1c(O)c(C)cn(C)c1=O)c1cccc(Oc2ccccc2)c1. The number of aromatic hydroxyl groups is 1. The highest BCUT2D eigenvalue weighted by Gasteiger charge is 2.22. The molecule has 1 atom stereocenters. The van der Waals surface area contributed by atoms with Crippen molar-refractivity contribution in [2.24, 2.45) is 7.05 Å². The zero-order valence-electron chi connectivity index (χ0n) is 19.2. The number of hydrogen-bond acceptors (Lipinski definition) is 6. The van der Waals surface area contributed by atoms with Gasteiger partial charge in [-0.25, -0.2) is 4.79 Å². The van der Waals surface area contributed by atoms with Gasteiger partial charge in [0.15, 0.2) is 5.69 Å². The number of nitrogens with zero attached hydrogens (tertiary/aromatic N) is 1. The van der Waals surface area contributed by atoms with Crippen LogP contribution in [0.25, 0.3) is 0 Å². The van der Waals surface area contributed by atoms with Gasteiger partial charge in [0, 0.05) is 18.8 Å². The molecule has 0 radical (unpaired) electrons. The van der Waals surface area contributed by atoms with Crippen LogP contribution in [0.5, 0.6) is 17.2 Å². The summed E-state index contributed by atoms with van der Waals surface area (Å²) in [6, 6.07) is 14.6. The molecule has 34 heavy (non-hydrogen) atoms. The van der Waals surface area contributed by atoms with Gasteiger partial charge in [-0.05, 0) is 43.7 Å². The van der Waals surface area contributed by atoms with E-state index in [9.17, 15) is 19.5 Å². The van der Waals surface area contributed by atoms with Crippen LogP contribution < -0.4 is 20.9 Å². The summed E-state index contributed by atoms with van der Waals surface area (Å²) in [7, 11) is 1.51. The lowest BCUT2D eigenvalue weighted by molar-refractivity contribution is -0.143. The predicted molar refractivity (Wildman–Crippen MR) is 127 cm³/mol. The van der Waals surface area contributed by atoms with Crippen molar-refractivity contribution in [3.05, 3.63) is 82.3 Å². The molecule has 178 valence electrons. The van der Waals surface area contributed by atoms with Gasteiger partial charge in [0.2, 0.25) is 0 Å². The van der Waals surface area contributed by atoms with Crippen LogP contribution in [0.4, 0.5) is 10.5 Å². The molecular weight excluding hydrogens is 438 g/mol. The number of esters is 1. The van der Waals surface area contributed by atoms with Gasteiger partial charge in [0.05, 0.1) is 19.1 Å². The molecule has 2 amide bonds. The van der Waals surface area contributed by atoms with E-state index in [0.29, 0.717) is 22.6 Å².